The number of hydrogen-bond donors (Lipinski definition) is 0. The first-order valence-corrected chi connectivity index (χ1v) is 7.37. The molecule has 0 atom stereocenters. The van der Waals surface area contributed by atoms with E-state index in [1.807, 2.05) is 72.8 Å². The molecule has 3 aromatic carbocycles. The Morgan fingerprint density at radius 2 is 1.61 bits per heavy atom. The van der Waals surface area contributed by atoms with Gasteiger partial charge in [0.05, 0.1) is 0 Å². The zero-order valence-corrected chi connectivity index (χ0v) is 12.5. The van der Waals surface area contributed by atoms with Crippen molar-refractivity contribution in [1.29, 1.82) is 0 Å². The summed E-state index contributed by atoms with van der Waals surface area (Å²) < 4.78 is 10.4. The van der Waals surface area contributed by atoms with E-state index < -0.39 is 6.16 Å². The molecule has 0 bridgehead atoms. The van der Waals surface area contributed by atoms with Gasteiger partial charge in [0, 0.05) is 5.39 Å². The molecule has 3 rings (SSSR count). The fourth-order valence-electron chi connectivity index (χ4n) is 2.27. The van der Waals surface area contributed by atoms with Gasteiger partial charge in [0.2, 0.25) is 0 Å². The normalized spacial score (nSPS) is 10.8. The Labute approximate surface area is 134 Å². The average Bonchev–Trinajstić information content (AvgIpc) is 2.60. The van der Waals surface area contributed by atoms with Crippen LogP contribution in [0.15, 0.2) is 78.9 Å². The summed E-state index contributed by atoms with van der Waals surface area (Å²) in [7, 11) is 0. The fraction of sp³-hybridized carbons (Fsp3) is 0.0500. The van der Waals surface area contributed by atoms with Crippen LogP contribution >= 0.6 is 0 Å². The van der Waals surface area contributed by atoms with Gasteiger partial charge in [-0.15, -0.1) is 0 Å². The smallest absolute Gasteiger partial charge is 0.430 e. The molecule has 0 radical (unpaired) electrons. The number of carbonyl (C=O) groups excluding carboxylic acids is 1. The zero-order chi connectivity index (χ0) is 15.9. The molecule has 0 fully saturated rings. The number of hydrogen-bond acceptors (Lipinski definition) is 3. The molecule has 23 heavy (non-hydrogen) atoms. The molecule has 0 aliphatic carbocycles. The van der Waals surface area contributed by atoms with Crippen LogP contribution < -0.4 is 4.74 Å². The van der Waals surface area contributed by atoms with Crippen LogP contribution in [0.2, 0.25) is 0 Å². The van der Waals surface area contributed by atoms with Gasteiger partial charge in [0.25, 0.3) is 0 Å². The van der Waals surface area contributed by atoms with E-state index in [0.29, 0.717) is 5.75 Å². The highest BCUT2D eigenvalue weighted by molar-refractivity contribution is 5.89. The molecule has 0 saturated heterocycles. The van der Waals surface area contributed by atoms with Crippen LogP contribution in [0.3, 0.4) is 0 Å². The van der Waals surface area contributed by atoms with E-state index in [-0.39, 0.29) is 6.61 Å². The van der Waals surface area contributed by atoms with Gasteiger partial charge in [-0.05, 0) is 23.1 Å². The second kappa shape index (κ2) is 7.27. The Kier molecular flexibility index (Phi) is 4.69. The van der Waals surface area contributed by atoms with E-state index in [1.165, 1.54) is 0 Å². The van der Waals surface area contributed by atoms with Gasteiger partial charge in [0.1, 0.15) is 12.4 Å². The maximum Gasteiger partial charge on any atom is 0.514 e. The standard InChI is InChI=1S/C20H16O3/c21-20(22-15-7-10-16-8-2-1-3-9-16)23-19-14-6-12-17-11-4-5-13-18(17)19/h1-14H,15H2/b10-7+. The third-order valence-electron chi connectivity index (χ3n) is 3.35. The number of fused-ring (bicyclic) bond motifs is 1. The summed E-state index contributed by atoms with van der Waals surface area (Å²) >= 11 is 0. The average molecular weight is 304 g/mol. The summed E-state index contributed by atoms with van der Waals surface area (Å²) in [5.41, 5.74) is 1.05. The van der Waals surface area contributed by atoms with Crippen molar-refractivity contribution in [2.24, 2.45) is 0 Å². The van der Waals surface area contributed by atoms with E-state index in [2.05, 4.69) is 0 Å². The van der Waals surface area contributed by atoms with Gasteiger partial charge in [0.15, 0.2) is 0 Å². The van der Waals surface area contributed by atoms with Crippen LogP contribution in [0.4, 0.5) is 4.79 Å². The predicted molar refractivity (Wildman–Crippen MR) is 91.4 cm³/mol. The van der Waals surface area contributed by atoms with E-state index in [0.717, 1.165) is 16.3 Å². The van der Waals surface area contributed by atoms with Crippen molar-refractivity contribution in [3.05, 3.63) is 84.4 Å². The predicted octanol–water partition coefficient (Wildman–Crippen LogP) is 5.07. The van der Waals surface area contributed by atoms with Crippen molar-refractivity contribution in [2.45, 2.75) is 0 Å². The molecule has 0 aliphatic heterocycles. The van der Waals surface area contributed by atoms with E-state index in [1.54, 1.807) is 12.1 Å². The number of rotatable bonds is 4. The number of ether oxygens (including phenoxy) is 2. The van der Waals surface area contributed by atoms with Gasteiger partial charge < -0.3 is 9.47 Å². The fourth-order valence-corrected chi connectivity index (χ4v) is 2.27. The lowest BCUT2D eigenvalue weighted by Crippen LogP contribution is -2.10. The first-order valence-electron chi connectivity index (χ1n) is 7.37. The van der Waals surface area contributed by atoms with Gasteiger partial charge >= 0.3 is 6.16 Å². The van der Waals surface area contributed by atoms with E-state index >= 15 is 0 Å². The van der Waals surface area contributed by atoms with Crippen LogP contribution in [-0.2, 0) is 4.74 Å². The molecule has 3 heteroatoms. The van der Waals surface area contributed by atoms with Crippen LogP contribution in [-0.4, -0.2) is 12.8 Å². The second-order valence-electron chi connectivity index (χ2n) is 4.95. The largest absolute Gasteiger partial charge is 0.514 e. The molecule has 0 N–H and O–H groups in total. The highest BCUT2D eigenvalue weighted by atomic mass is 16.7. The molecule has 0 spiro atoms. The van der Waals surface area contributed by atoms with Crippen LogP contribution in [0.5, 0.6) is 5.75 Å². The highest BCUT2D eigenvalue weighted by Gasteiger charge is 2.08. The summed E-state index contributed by atoms with van der Waals surface area (Å²) in [6.45, 7) is 0.165. The topological polar surface area (TPSA) is 35.5 Å². The van der Waals surface area contributed by atoms with Gasteiger partial charge in [-0.3, -0.25) is 0 Å². The van der Waals surface area contributed by atoms with Gasteiger partial charge in [-0.2, -0.15) is 0 Å². The first kappa shape index (κ1) is 14.9. The van der Waals surface area contributed by atoms with E-state index in [9.17, 15) is 4.79 Å². The highest BCUT2D eigenvalue weighted by Crippen LogP contribution is 2.25. The zero-order valence-electron chi connectivity index (χ0n) is 12.5. The minimum absolute atomic E-state index is 0.165. The summed E-state index contributed by atoms with van der Waals surface area (Å²) in [6.07, 6.45) is 2.96. The molecular weight excluding hydrogens is 288 g/mol. The molecule has 0 heterocycles. The molecule has 0 unspecified atom stereocenters. The molecule has 0 aliphatic rings. The van der Waals surface area contributed by atoms with Crippen molar-refractivity contribution < 1.29 is 14.3 Å². The Bertz CT molecular complexity index is 817. The van der Waals surface area contributed by atoms with Crippen molar-refractivity contribution in [1.82, 2.24) is 0 Å². The molecule has 114 valence electrons. The summed E-state index contributed by atoms with van der Waals surface area (Å²) in [5.74, 6) is 0.500. The maximum atomic E-state index is 11.8. The van der Waals surface area contributed by atoms with Gasteiger partial charge in [-0.25, -0.2) is 4.79 Å². The Balaban J connectivity index is 1.58. The molecule has 0 amide bonds. The molecule has 0 saturated carbocycles. The summed E-state index contributed by atoms with van der Waals surface area (Å²) in [4.78, 5) is 11.8. The Morgan fingerprint density at radius 3 is 2.48 bits per heavy atom. The SMILES string of the molecule is O=C(OC/C=C/c1ccccc1)Oc1cccc2ccccc12. The Hall–Kier alpha value is -3.07. The molecule has 0 aromatic heterocycles. The van der Waals surface area contributed by atoms with Gasteiger partial charge in [-0.1, -0.05) is 72.8 Å². The number of benzene rings is 3. The lowest BCUT2D eigenvalue weighted by atomic mass is 10.1. The minimum atomic E-state index is -0.709. The molecule has 3 aromatic rings. The maximum absolute atomic E-state index is 11.8. The second-order valence-corrected chi connectivity index (χ2v) is 4.95. The lowest BCUT2D eigenvalue weighted by Gasteiger charge is -2.07. The molecule has 3 nitrogen and oxygen atoms in total. The van der Waals surface area contributed by atoms with Crippen molar-refractivity contribution >= 4 is 23.0 Å². The summed E-state index contributed by atoms with van der Waals surface area (Å²) in [5, 5.41) is 1.90. The third kappa shape index (κ3) is 3.98. The van der Waals surface area contributed by atoms with E-state index in [4.69, 9.17) is 9.47 Å². The molecular formula is C20H16O3. The third-order valence-corrected chi connectivity index (χ3v) is 3.35. The van der Waals surface area contributed by atoms with Crippen molar-refractivity contribution in [3.63, 3.8) is 0 Å². The van der Waals surface area contributed by atoms with Crippen LogP contribution in [0.1, 0.15) is 5.56 Å². The Morgan fingerprint density at radius 1 is 0.870 bits per heavy atom. The summed E-state index contributed by atoms with van der Waals surface area (Å²) in [6, 6.07) is 23.1. The first-order chi connectivity index (χ1) is 11.3. The van der Waals surface area contributed by atoms with Crippen LogP contribution in [0.25, 0.3) is 16.8 Å². The lowest BCUT2D eigenvalue weighted by molar-refractivity contribution is 0.110. The minimum Gasteiger partial charge on any atom is -0.430 e. The van der Waals surface area contributed by atoms with Crippen molar-refractivity contribution in [2.75, 3.05) is 6.61 Å². The van der Waals surface area contributed by atoms with Crippen LogP contribution in [0, 0.1) is 0 Å². The van der Waals surface area contributed by atoms with Crippen molar-refractivity contribution in [3.8, 4) is 5.75 Å². The monoisotopic (exact) mass is 304 g/mol. The quantitative estimate of drug-likeness (QED) is 0.498. The number of carbonyl (C=O) groups is 1.